The average molecular weight is 353 g/mol. The molecule has 16 heavy (non-hydrogen) atoms. The van der Waals surface area contributed by atoms with Gasteiger partial charge in [0.2, 0.25) is 0 Å². The van der Waals surface area contributed by atoms with Crippen molar-refractivity contribution in [3.8, 4) is 0 Å². The molecule has 2 nitrogen and oxygen atoms in total. The van der Waals surface area contributed by atoms with E-state index >= 15 is 0 Å². The lowest BCUT2D eigenvalue weighted by Crippen LogP contribution is -2.15. The van der Waals surface area contributed by atoms with Crippen LogP contribution in [0.15, 0.2) is 6.20 Å². The van der Waals surface area contributed by atoms with Gasteiger partial charge in [-0.2, -0.15) is 13.2 Å². The highest BCUT2D eigenvalue weighted by Crippen LogP contribution is 2.37. The molecule has 1 aromatic heterocycles. The van der Waals surface area contributed by atoms with Gasteiger partial charge in [0.25, 0.3) is 6.43 Å². The molecule has 1 aromatic rings. The maximum atomic E-state index is 12.5. The van der Waals surface area contributed by atoms with Gasteiger partial charge in [-0.25, -0.2) is 8.78 Å². The van der Waals surface area contributed by atoms with Crippen LogP contribution in [0.3, 0.4) is 0 Å². The Morgan fingerprint density at radius 2 is 1.94 bits per heavy atom. The van der Waals surface area contributed by atoms with E-state index in [0.717, 1.165) is 6.20 Å². The second kappa shape index (κ2) is 4.78. The van der Waals surface area contributed by atoms with Gasteiger partial charge in [-0.3, -0.25) is 4.98 Å². The summed E-state index contributed by atoms with van der Waals surface area (Å²) >= 11 is 1.54. The van der Waals surface area contributed by atoms with Crippen LogP contribution in [0.4, 0.5) is 22.0 Å². The molecular formula is C8H5F5INO. The van der Waals surface area contributed by atoms with Crippen LogP contribution in [0.1, 0.15) is 23.2 Å². The number of alkyl halides is 5. The summed E-state index contributed by atoms with van der Waals surface area (Å²) in [7, 11) is 0. The third kappa shape index (κ3) is 2.59. The lowest BCUT2D eigenvalue weighted by atomic mass is 10.1. The molecule has 1 rings (SSSR count). The van der Waals surface area contributed by atoms with E-state index in [4.69, 9.17) is 5.11 Å². The molecular weight excluding hydrogens is 348 g/mol. The Kier molecular flexibility index (Phi) is 4.05. The van der Waals surface area contributed by atoms with Crippen LogP contribution in [0.5, 0.6) is 0 Å². The highest BCUT2D eigenvalue weighted by atomic mass is 127. The zero-order valence-electron chi connectivity index (χ0n) is 7.52. The summed E-state index contributed by atoms with van der Waals surface area (Å²) in [5.74, 6) is 0. The third-order valence-corrected chi connectivity index (χ3v) is 2.75. The molecule has 0 fully saturated rings. The van der Waals surface area contributed by atoms with Crippen molar-refractivity contribution < 1.29 is 27.1 Å². The summed E-state index contributed by atoms with van der Waals surface area (Å²) in [5.41, 5.74) is -3.33. The minimum absolute atomic E-state index is 0.0726. The van der Waals surface area contributed by atoms with Crippen molar-refractivity contribution in [3.63, 3.8) is 0 Å². The van der Waals surface area contributed by atoms with E-state index in [1.54, 1.807) is 22.6 Å². The Balaban J connectivity index is 3.52. The molecule has 0 amide bonds. The minimum atomic E-state index is -4.96. The van der Waals surface area contributed by atoms with Gasteiger partial charge in [0, 0.05) is 15.3 Å². The Morgan fingerprint density at radius 1 is 1.38 bits per heavy atom. The zero-order valence-corrected chi connectivity index (χ0v) is 9.68. The first kappa shape index (κ1) is 13.6. The SMILES string of the molecule is OCc1c(I)cnc(C(F)(F)F)c1C(F)F. The largest absolute Gasteiger partial charge is 0.433 e. The summed E-state index contributed by atoms with van der Waals surface area (Å²) in [4.78, 5) is 2.96. The highest BCUT2D eigenvalue weighted by Gasteiger charge is 2.39. The molecule has 0 saturated carbocycles. The quantitative estimate of drug-likeness (QED) is 0.655. The normalized spacial score (nSPS) is 12.2. The first-order valence-corrected chi connectivity index (χ1v) is 5.00. The summed E-state index contributed by atoms with van der Waals surface area (Å²) in [5, 5.41) is 8.81. The Hall–Kier alpha value is -0.510. The molecule has 0 aliphatic heterocycles. The fourth-order valence-electron chi connectivity index (χ4n) is 1.16. The molecule has 1 heterocycles. The third-order valence-electron chi connectivity index (χ3n) is 1.82. The van der Waals surface area contributed by atoms with E-state index in [9.17, 15) is 22.0 Å². The van der Waals surface area contributed by atoms with Crippen molar-refractivity contribution in [2.45, 2.75) is 19.2 Å². The second-order valence-electron chi connectivity index (χ2n) is 2.80. The first-order chi connectivity index (χ1) is 7.29. The zero-order chi connectivity index (χ0) is 12.5. The van der Waals surface area contributed by atoms with Crippen molar-refractivity contribution in [2.75, 3.05) is 0 Å². The molecule has 1 N–H and O–H groups in total. The van der Waals surface area contributed by atoms with E-state index in [-0.39, 0.29) is 3.57 Å². The molecule has 0 spiro atoms. The molecule has 0 saturated heterocycles. The number of aliphatic hydroxyl groups excluding tert-OH is 1. The number of aliphatic hydroxyl groups is 1. The number of rotatable bonds is 2. The molecule has 0 aliphatic carbocycles. The van der Waals surface area contributed by atoms with E-state index in [1.807, 2.05) is 0 Å². The maximum absolute atomic E-state index is 12.5. The van der Waals surface area contributed by atoms with Crippen molar-refractivity contribution in [3.05, 3.63) is 26.6 Å². The van der Waals surface area contributed by atoms with Gasteiger partial charge in [0.1, 0.15) is 0 Å². The molecule has 0 unspecified atom stereocenters. The van der Waals surface area contributed by atoms with Gasteiger partial charge < -0.3 is 5.11 Å². The maximum Gasteiger partial charge on any atom is 0.433 e. The lowest BCUT2D eigenvalue weighted by molar-refractivity contribution is -0.143. The van der Waals surface area contributed by atoms with E-state index in [1.165, 1.54) is 0 Å². The van der Waals surface area contributed by atoms with E-state index < -0.39 is 36.0 Å². The van der Waals surface area contributed by atoms with Gasteiger partial charge in [-0.05, 0) is 22.6 Å². The van der Waals surface area contributed by atoms with Crippen LogP contribution < -0.4 is 0 Å². The molecule has 90 valence electrons. The van der Waals surface area contributed by atoms with Crippen LogP contribution in [0.2, 0.25) is 0 Å². The molecule has 0 radical (unpaired) electrons. The standard InChI is InChI=1S/C8H5F5INO/c9-7(10)5-3(2-16)4(14)1-15-6(5)8(11,12)13/h1,7,16H,2H2. The van der Waals surface area contributed by atoms with Gasteiger partial charge in [0.05, 0.1) is 12.2 Å². The first-order valence-electron chi connectivity index (χ1n) is 3.92. The van der Waals surface area contributed by atoms with Gasteiger partial charge >= 0.3 is 6.18 Å². The Labute approximate surface area is 101 Å². The Bertz CT molecular complexity index is 393. The van der Waals surface area contributed by atoms with Crippen molar-refractivity contribution in [1.82, 2.24) is 4.98 Å². The second-order valence-corrected chi connectivity index (χ2v) is 3.97. The number of nitrogens with zero attached hydrogens (tertiary/aromatic N) is 1. The molecule has 0 aromatic carbocycles. The lowest BCUT2D eigenvalue weighted by Gasteiger charge is -2.15. The molecule has 0 atom stereocenters. The summed E-state index contributed by atoms with van der Waals surface area (Å²) in [6, 6.07) is 0. The van der Waals surface area contributed by atoms with Crippen LogP contribution in [-0.4, -0.2) is 10.1 Å². The van der Waals surface area contributed by atoms with Crippen molar-refractivity contribution in [2.24, 2.45) is 0 Å². The minimum Gasteiger partial charge on any atom is -0.392 e. The highest BCUT2D eigenvalue weighted by molar-refractivity contribution is 14.1. The summed E-state index contributed by atoms with van der Waals surface area (Å²) in [6.07, 6.45) is -7.48. The van der Waals surface area contributed by atoms with E-state index in [0.29, 0.717) is 0 Å². The number of halogens is 6. The van der Waals surface area contributed by atoms with Crippen molar-refractivity contribution in [1.29, 1.82) is 0 Å². The average Bonchev–Trinajstić information content (AvgIpc) is 2.14. The number of hydrogen-bond donors (Lipinski definition) is 1. The van der Waals surface area contributed by atoms with Gasteiger partial charge in [-0.15, -0.1) is 0 Å². The van der Waals surface area contributed by atoms with E-state index in [2.05, 4.69) is 4.98 Å². The molecule has 0 bridgehead atoms. The topological polar surface area (TPSA) is 33.1 Å². The summed E-state index contributed by atoms with van der Waals surface area (Å²) < 4.78 is 62.3. The predicted octanol–water partition coefficient (Wildman–Crippen LogP) is 3.13. The number of hydrogen-bond acceptors (Lipinski definition) is 2. The number of aromatic nitrogens is 1. The van der Waals surface area contributed by atoms with Gasteiger partial charge in [0.15, 0.2) is 5.69 Å². The monoisotopic (exact) mass is 353 g/mol. The van der Waals surface area contributed by atoms with Crippen LogP contribution in [0, 0.1) is 3.57 Å². The molecule has 0 aliphatic rings. The van der Waals surface area contributed by atoms with Gasteiger partial charge in [-0.1, -0.05) is 0 Å². The van der Waals surface area contributed by atoms with Crippen molar-refractivity contribution >= 4 is 22.6 Å². The molecule has 8 heteroatoms. The number of pyridine rings is 1. The van der Waals surface area contributed by atoms with Crippen LogP contribution >= 0.6 is 22.6 Å². The van der Waals surface area contributed by atoms with Crippen LogP contribution in [-0.2, 0) is 12.8 Å². The predicted molar refractivity (Wildman–Crippen MR) is 52.8 cm³/mol. The Morgan fingerprint density at radius 3 is 2.31 bits per heavy atom. The smallest absolute Gasteiger partial charge is 0.392 e. The fourth-order valence-corrected chi connectivity index (χ4v) is 1.76. The van der Waals surface area contributed by atoms with Crippen LogP contribution in [0.25, 0.3) is 0 Å². The fraction of sp³-hybridized carbons (Fsp3) is 0.375. The summed E-state index contributed by atoms with van der Waals surface area (Å²) in [6.45, 7) is -0.885.